The Bertz CT molecular complexity index is 1050. The van der Waals surface area contributed by atoms with Crippen LogP contribution in [-0.4, -0.2) is 49.6 Å². The van der Waals surface area contributed by atoms with E-state index in [1.807, 2.05) is 12.1 Å². The zero-order chi connectivity index (χ0) is 21.9. The topological polar surface area (TPSA) is 51.2 Å². The summed E-state index contributed by atoms with van der Waals surface area (Å²) >= 11 is 0. The maximum atomic E-state index is 9.38. The minimum atomic E-state index is 0.0109. The van der Waals surface area contributed by atoms with E-state index in [0.29, 0.717) is 17.9 Å². The second-order valence-electron chi connectivity index (χ2n) is 9.81. The van der Waals surface area contributed by atoms with Crippen molar-refractivity contribution in [2.45, 2.75) is 43.4 Å². The quantitative estimate of drug-likeness (QED) is 0.559. The number of likely N-dealkylation sites (N-methyl/N-ethyl adjacent to an activating group) is 1. The van der Waals surface area contributed by atoms with Crippen molar-refractivity contribution in [1.29, 1.82) is 0 Å². The highest BCUT2D eigenvalue weighted by Crippen LogP contribution is 2.63. The maximum Gasteiger partial charge on any atom is 0.188 e. The highest BCUT2D eigenvalue weighted by Gasteiger charge is 2.64. The molecule has 5 heteroatoms. The first-order chi connectivity index (χ1) is 15.7. The van der Waals surface area contributed by atoms with E-state index in [1.165, 1.54) is 16.7 Å². The summed E-state index contributed by atoms with van der Waals surface area (Å²) in [5.74, 6) is 2.51. The second kappa shape index (κ2) is 7.62. The van der Waals surface area contributed by atoms with Gasteiger partial charge >= 0.3 is 0 Å². The molecule has 2 aliphatic carbocycles. The molecule has 4 aliphatic rings. The average molecular weight is 434 g/mol. The van der Waals surface area contributed by atoms with Crippen molar-refractivity contribution in [1.82, 2.24) is 4.90 Å². The smallest absolute Gasteiger partial charge is 0.188 e. The molecule has 2 aliphatic heterocycles. The lowest BCUT2D eigenvalue weighted by Gasteiger charge is -2.57. The molecule has 168 valence electrons. The Balaban J connectivity index is 1.43. The number of piperidine rings is 1. The van der Waals surface area contributed by atoms with Gasteiger partial charge in [0.25, 0.3) is 0 Å². The van der Waals surface area contributed by atoms with Gasteiger partial charge in [-0.3, -0.25) is 0 Å². The van der Waals surface area contributed by atoms with Crippen molar-refractivity contribution >= 4 is 0 Å². The van der Waals surface area contributed by atoms with E-state index in [0.717, 1.165) is 42.9 Å². The zero-order valence-corrected chi connectivity index (χ0v) is 18.8. The van der Waals surface area contributed by atoms with E-state index in [4.69, 9.17) is 14.2 Å². The summed E-state index contributed by atoms with van der Waals surface area (Å²) in [6, 6.07) is 13.2. The predicted molar refractivity (Wildman–Crippen MR) is 122 cm³/mol. The normalized spacial score (nSPS) is 31.8. The number of ether oxygens (including phenoxy) is 3. The van der Waals surface area contributed by atoms with Crippen LogP contribution in [0.4, 0.5) is 0 Å². The van der Waals surface area contributed by atoms with Crippen molar-refractivity contribution < 1.29 is 19.3 Å². The van der Waals surface area contributed by atoms with E-state index >= 15 is 0 Å². The largest absolute Gasteiger partial charge is 0.485 e. The summed E-state index contributed by atoms with van der Waals surface area (Å²) in [5.41, 5.74) is 5.06. The fourth-order valence-electron chi connectivity index (χ4n) is 6.82. The van der Waals surface area contributed by atoms with Crippen molar-refractivity contribution in [3.05, 3.63) is 70.8 Å². The van der Waals surface area contributed by atoms with Gasteiger partial charge in [0.1, 0.15) is 6.10 Å². The molecule has 2 aromatic rings. The van der Waals surface area contributed by atoms with E-state index in [9.17, 15) is 5.11 Å². The number of rotatable bonds is 6. The van der Waals surface area contributed by atoms with Crippen LogP contribution in [0.25, 0.3) is 0 Å². The minimum absolute atomic E-state index is 0.0109. The molecular weight excluding hydrogens is 402 g/mol. The van der Waals surface area contributed by atoms with Crippen LogP contribution in [0.5, 0.6) is 11.5 Å². The molecule has 0 saturated carbocycles. The lowest BCUT2D eigenvalue weighted by Crippen LogP contribution is -2.64. The first-order valence-electron chi connectivity index (χ1n) is 11.7. The molecule has 2 unspecified atom stereocenters. The molecule has 0 amide bonds. The van der Waals surface area contributed by atoms with Gasteiger partial charge in [0.2, 0.25) is 0 Å². The lowest BCUT2D eigenvalue weighted by atomic mass is 9.52. The Hall–Kier alpha value is -2.34. The molecule has 1 saturated heterocycles. The molecule has 32 heavy (non-hydrogen) atoms. The highest BCUT2D eigenvalue weighted by atomic mass is 16.7. The molecule has 2 heterocycles. The fourth-order valence-corrected chi connectivity index (χ4v) is 6.82. The average Bonchev–Trinajstić information content (AvgIpc) is 3.17. The second-order valence-corrected chi connectivity index (χ2v) is 9.81. The third-order valence-corrected chi connectivity index (χ3v) is 8.27. The molecule has 6 rings (SSSR count). The number of nitrogens with zero attached hydrogens (tertiary/aromatic N) is 1. The van der Waals surface area contributed by atoms with Gasteiger partial charge in [0, 0.05) is 36.0 Å². The Kier molecular flexibility index (Phi) is 4.83. The molecule has 2 bridgehead atoms. The van der Waals surface area contributed by atoms with Gasteiger partial charge in [-0.25, -0.2) is 0 Å². The fraction of sp³-hybridized carbons (Fsp3) is 0.481. The molecule has 0 radical (unpaired) electrons. The van der Waals surface area contributed by atoms with Gasteiger partial charge in [0.05, 0.1) is 6.61 Å². The Morgan fingerprint density at radius 1 is 1.12 bits per heavy atom. The number of hydrogen-bond donors (Lipinski definition) is 1. The first kappa shape index (κ1) is 20.3. The maximum absolute atomic E-state index is 9.38. The van der Waals surface area contributed by atoms with Crippen molar-refractivity contribution in [3.63, 3.8) is 0 Å². The van der Waals surface area contributed by atoms with Crippen LogP contribution >= 0.6 is 0 Å². The summed E-state index contributed by atoms with van der Waals surface area (Å²) in [4.78, 5) is 2.54. The van der Waals surface area contributed by atoms with Gasteiger partial charge in [-0.15, -0.1) is 0 Å². The van der Waals surface area contributed by atoms with Crippen LogP contribution in [-0.2, 0) is 29.6 Å². The molecule has 2 aromatic carbocycles. The Morgan fingerprint density at radius 2 is 1.94 bits per heavy atom. The van der Waals surface area contributed by atoms with Crippen molar-refractivity contribution in [3.8, 4) is 11.5 Å². The Morgan fingerprint density at radius 3 is 2.72 bits per heavy atom. The molecule has 5 atom stereocenters. The van der Waals surface area contributed by atoms with Crippen LogP contribution in [0.2, 0.25) is 0 Å². The van der Waals surface area contributed by atoms with E-state index < -0.39 is 0 Å². The summed E-state index contributed by atoms with van der Waals surface area (Å²) in [5, 5.41) is 9.38. The number of likely N-dealkylation sites (tertiary alicyclic amines) is 1. The standard InChI is InChI=1S/C27H31NO4/c1-28-12-11-27-21-9-7-20(13-17-3-5-18(15-29)6-4-17)26(27)32-25-23(31-16-30-2)10-8-19(24(25)27)14-22(21)28/h3-10,20-22,26,29H,11-16H2,1-2H3/t20?,21-,22+,26?,27-/m0/s1. The van der Waals surface area contributed by atoms with E-state index in [1.54, 1.807) is 7.11 Å². The van der Waals surface area contributed by atoms with Gasteiger partial charge in [0.15, 0.2) is 18.3 Å². The highest BCUT2D eigenvalue weighted by molar-refractivity contribution is 5.62. The molecule has 0 aromatic heterocycles. The number of hydrogen-bond acceptors (Lipinski definition) is 5. The van der Waals surface area contributed by atoms with Crippen LogP contribution in [0.1, 0.15) is 28.7 Å². The van der Waals surface area contributed by atoms with Gasteiger partial charge in [-0.1, -0.05) is 42.5 Å². The molecule has 5 nitrogen and oxygen atoms in total. The van der Waals surface area contributed by atoms with E-state index in [-0.39, 0.29) is 24.9 Å². The molecular formula is C27H31NO4. The summed E-state index contributed by atoms with van der Waals surface area (Å²) in [6.07, 6.45) is 8.10. The van der Waals surface area contributed by atoms with Crippen molar-refractivity contribution in [2.24, 2.45) is 11.8 Å². The van der Waals surface area contributed by atoms with Crippen LogP contribution in [0.15, 0.2) is 48.6 Å². The lowest BCUT2D eigenvalue weighted by molar-refractivity contribution is -0.0180. The van der Waals surface area contributed by atoms with Crippen LogP contribution in [0, 0.1) is 11.8 Å². The molecule has 1 spiro atoms. The minimum Gasteiger partial charge on any atom is -0.485 e. The van der Waals surface area contributed by atoms with Gasteiger partial charge in [-0.2, -0.15) is 0 Å². The number of aliphatic hydroxyl groups excluding tert-OH is 1. The van der Waals surface area contributed by atoms with Crippen LogP contribution < -0.4 is 9.47 Å². The summed E-state index contributed by atoms with van der Waals surface area (Å²) < 4.78 is 18.0. The molecule has 1 fully saturated rings. The number of benzene rings is 2. The van der Waals surface area contributed by atoms with Gasteiger partial charge < -0.3 is 24.2 Å². The summed E-state index contributed by atoms with van der Waals surface area (Å²) in [6.45, 7) is 1.40. The first-order valence-corrected chi connectivity index (χ1v) is 11.7. The SMILES string of the molecule is COCOc1ccc2c3c1OC1C(Cc4ccc(CO)cc4)C=C[C@H]4[C@@H](C2)N(C)CC[C@]314. The predicted octanol–water partition coefficient (Wildman–Crippen LogP) is 3.47. The van der Waals surface area contributed by atoms with Gasteiger partial charge in [-0.05, 0) is 55.6 Å². The summed E-state index contributed by atoms with van der Waals surface area (Å²) in [7, 11) is 3.92. The van der Waals surface area contributed by atoms with E-state index in [2.05, 4.69) is 48.4 Å². The Labute approximate surface area is 189 Å². The number of methoxy groups -OCH3 is 1. The third-order valence-electron chi connectivity index (χ3n) is 8.27. The third kappa shape index (κ3) is 2.81. The number of aliphatic hydroxyl groups is 1. The molecule has 1 N–H and O–H groups in total. The zero-order valence-electron chi connectivity index (χ0n) is 18.8. The van der Waals surface area contributed by atoms with Crippen LogP contribution in [0.3, 0.4) is 0 Å². The van der Waals surface area contributed by atoms with Crippen molar-refractivity contribution in [2.75, 3.05) is 27.5 Å². The monoisotopic (exact) mass is 433 g/mol.